The molecule has 0 saturated carbocycles. The van der Waals surface area contributed by atoms with Gasteiger partial charge in [0.15, 0.2) is 0 Å². The van der Waals surface area contributed by atoms with Crippen LogP contribution in [0.5, 0.6) is 0 Å². The first kappa shape index (κ1) is 15.1. The molecule has 0 unspecified atom stereocenters. The van der Waals surface area contributed by atoms with E-state index < -0.39 is 20.0 Å². The molecule has 0 aliphatic heterocycles. The van der Waals surface area contributed by atoms with Crippen LogP contribution in [0.4, 0.5) is 0 Å². The molecule has 9 heteroatoms. The molecular formula is C9H14N2O5S2. The van der Waals surface area contributed by atoms with E-state index in [2.05, 4.69) is 0 Å². The van der Waals surface area contributed by atoms with E-state index in [1.54, 1.807) is 0 Å². The molecule has 0 amide bonds. The second kappa shape index (κ2) is 4.94. The van der Waals surface area contributed by atoms with Gasteiger partial charge in [0.05, 0.1) is 9.79 Å². The van der Waals surface area contributed by atoms with Crippen LogP contribution in [0, 0.1) is 6.92 Å². The summed E-state index contributed by atoms with van der Waals surface area (Å²) in [6.45, 7) is 1.24. The fourth-order valence-corrected chi connectivity index (χ4v) is 3.20. The molecular weight excluding hydrogens is 280 g/mol. The molecule has 0 bridgehead atoms. The van der Waals surface area contributed by atoms with Crippen LogP contribution in [0.3, 0.4) is 0 Å². The first-order chi connectivity index (χ1) is 8.07. The molecule has 18 heavy (non-hydrogen) atoms. The number of primary sulfonamides is 2. The van der Waals surface area contributed by atoms with Crippen molar-refractivity contribution in [3.05, 3.63) is 23.3 Å². The standard InChI is InChI=1S/C9H14N2O5S2/c1-6-4-7(17(10,13)14)5-9(18(11,15)16)8(6)2-3-12/h4-5,12H,2-3H2,1H3,(H2,10,13,14)(H2,11,15,16). The van der Waals surface area contributed by atoms with E-state index in [0.29, 0.717) is 5.56 Å². The Bertz CT molecular complexity index is 664. The van der Waals surface area contributed by atoms with Crippen molar-refractivity contribution in [2.75, 3.05) is 6.61 Å². The molecule has 0 radical (unpaired) electrons. The van der Waals surface area contributed by atoms with Crippen molar-refractivity contribution in [3.63, 3.8) is 0 Å². The lowest BCUT2D eigenvalue weighted by atomic mass is 10.1. The van der Waals surface area contributed by atoms with Gasteiger partial charge in [-0.3, -0.25) is 0 Å². The third-order valence-corrected chi connectivity index (χ3v) is 4.27. The summed E-state index contributed by atoms with van der Waals surface area (Å²) in [5, 5.41) is 18.9. The Morgan fingerprint density at radius 3 is 2.06 bits per heavy atom. The summed E-state index contributed by atoms with van der Waals surface area (Å²) in [6, 6.07) is 2.15. The zero-order valence-corrected chi connectivity index (χ0v) is 11.3. The van der Waals surface area contributed by atoms with E-state index in [0.717, 1.165) is 6.07 Å². The van der Waals surface area contributed by atoms with E-state index in [4.69, 9.17) is 15.4 Å². The molecule has 102 valence electrons. The summed E-state index contributed by atoms with van der Waals surface area (Å²) in [4.78, 5) is -0.661. The molecule has 0 aromatic heterocycles. The summed E-state index contributed by atoms with van der Waals surface area (Å²) in [7, 11) is -8.11. The molecule has 0 spiro atoms. The maximum absolute atomic E-state index is 11.4. The fourth-order valence-electron chi connectivity index (χ4n) is 1.60. The van der Waals surface area contributed by atoms with Crippen LogP contribution >= 0.6 is 0 Å². The van der Waals surface area contributed by atoms with E-state index >= 15 is 0 Å². The van der Waals surface area contributed by atoms with Crippen LogP contribution in [-0.2, 0) is 26.5 Å². The number of aryl methyl sites for hydroxylation is 1. The number of sulfonamides is 2. The minimum absolute atomic E-state index is 0.0580. The highest BCUT2D eigenvalue weighted by Gasteiger charge is 2.20. The Morgan fingerprint density at radius 2 is 1.67 bits per heavy atom. The van der Waals surface area contributed by atoms with Crippen molar-refractivity contribution in [1.29, 1.82) is 0 Å². The van der Waals surface area contributed by atoms with Crippen molar-refractivity contribution in [1.82, 2.24) is 0 Å². The third kappa shape index (κ3) is 3.27. The van der Waals surface area contributed by atoms with Gasteiger partial charge in [-0.05, 0) is 36.6 Å². The molecule has 1 rings (SSSR count). The molecule has 0 saturated heterocycles. The monoisotopic (exact) mass is 294 g/mol. The minimum Gasteiger partial charge on any atom is -0.396 e. The van der Waals surface area contributed by atoms with Crippen LogP contribution in [0.1, 0.15) is 11.1 Å². The van der Waals surface area contributed by atoms with Crippen LogP contribution in [0.15, 0.2) is 21.9 Å². The Balaban J connectivity index is 3.69. The fraction of sp³-hybridized carbons (Fsp3) is 0.333. The van der Waals surface area contributed by atoms with E-state index in [-0.39, 0.29) is 28.4 Å². The Kier molecular flexibility index (Phi) is 4.13. The molecule has 0 aliphatic rings. The van der Waals surface area contributed by atoms with Gasteiger partial charge in [-0.2, -0.15) is 0 Å². The lowest BCUT2D eigenvalue weighted by Gasteiger charge is -2.12. The number of rotatable bonds is 4. The van der Waals surface area contributed by atoms with Crippen LogP contribution < -0.4 is 10.3 Å². The molecule has 0 atom stereocenters. The first-order valence-electron chi connectivity index (χ1n) is 4.87. The van der Waals surface area contributed by atoms with Crippen LogP contribution in [0.25, 0.3) is 0 Å². The average Bonchev–Trinajstić information content (AvgIpc) is 2.17. The van der Waals surface area contributed by atoms with Crippen LogP contribution in [-0.4, -0.2) is 28.5 Å². The summed E-state index contributed by atoms with van der Waals surface area (Å²) in [5.41, 5.74) is 0.673. The lowest BCUT2D eigenvalue weighted by molar-refractivity contribution is 0.298. The highest BCUT2D eigenvalue weighted by atomic mass is 32.2. The molecule has 7 nitrogen and oxygen atoms in total. The molecule has 1 aromatic carbocycles. The smallest absolute Gasteiger partial charge is 0.238 e. The molecule has 5 N–H and O–H groups in total. The second-order valence-corrected chi connectivity index (χ2v) is 6.87. The van der Waals surface area contributed by atoms with E-state index in [1.807, 2.05) is 0 Å². The first-order valence-corrected chi connectivity index (χ1v) is 7.96. The van der Waals surface area contributed by atoms with Gasteiger partial charge in [0.1, 0.15) is 0 Å². The lowest BCUT2D eigenvalue weighted by Crippen LogP contribution is -2.19. The van der Waals surface area contributed by atoms with E-state index in [9.17, 15) is 16.8 Å². The second-order valence-electron chi connectivity index (χ2n) is 3.78. The predicted molar refractivity (Wildman–Crippen MR) is 64.7 cm³/mol. The Morgan fingerprint density at radius 1 is 1.11 bits per heavy atom. The molecule has 1 aromatic rings. The van der Waals surface area contributed by atoms with Gasteiger partial charge < -0.3 is 5.11 Å². The quantitative estimate of drug-likeness (QED) is 0.641. The van der Waals surface area contributed by atoms with Crippen molar-refractivity contribution >= 4 is 20.0 Å². The van der Waals surface area contributed by atoms with Gasteiger partial charge in [-0.1, -0.05) is 0 Å². The van der Waals surface area contributed by atoms with Gasteiger partial charge in [0.25, 0.3) is 0 Å². The normalized spacial score (nSPS) is 12.7. The SMILES string of the molecule is Cc1cc(S(N)(=O)=O)cc(S(N)(=O)=O)c1CCO. The van der Waals surface area contributed by atoms with E-state index in [1.165, 1.54) is 13.0 Å². The van der Waals surface area contributed by atoms with Gasteiger partial charge in [0.2, 0.25) is 20.0 Å². The van der Waals surface area contributed by atoms with Crippen LogP contribution in [0.2, 0.25) is 0 Å². The molecule has 0 heterocycles. The zero-order chi connectivity index (χ0) is 14.1. The summed E-state index contributed by atoms with van der Waals surface area (Å²) >= 11 is 0. The number of aliphatic hydroxyl groups is 1. The maximum atomic E-state index is 11.4. The van der Waals surface area contributed by atoms with Gasteiger partial charge in [0, 0.05) is 6.61 Å². The highest BCUT2D eigenvalue weighted by Crippen LogP contribution is 2.23. The Labute approximate surface area is 106 Å². The predicted octanol–water partition coefficient (Wildman–Crippen LogP) is -1.18. The highest BCUT2D eigenvalue weighted by molar-refractivity contribution is 7.90. The number of nitrogens with two attached hydrogens (primary N) is 2. The number of aliphatic hydroxyl groups excluding tert-OH is 1. The average molecular weight is 294 g/mol. The molecule has 0 fully saturated rings. The van der Waals surface area contributed by atoms with Gasteiger partial charge in [-0.15, -0.1) is 0 Å². The number of hydrogen-bond donors (Lipinski definition) is 3. The minimum atomic E-state index is -4.09. The van der Waals surface area contributed by atoms with Crippen molar-refractivity contribution < 1.29 is 21.9 Å². The van der Waals surface area contributed by atoms with Crippen molar-refractivity contribution in [2.45, 2.75) is 23.1 Å². The Hall–Kier alpha value is -1.00. The molecule has 0 aliphatic carbocycles. The van der Waals surface area contributed by atoms with Crippen molar-refractivity contribution in [2.24, 2.45) is 10.3 Å². The largest absolute Gasteiger partial charge is 0.396 e. The topological polar surface area (TPSA) is 141 Å². The van der Waals surface area contributed by atoms with Gasteiger partial charge >= 0.3 is 0 Å². The number of benzene rings is 1. The summed E-state index contributed by atoms with van der Waals surface area (Å²) in [6.07, 6.45) is 0.0580. The van der Waals surface area contributed by atoms with Gasteiger partial charge in [-0.25, -0.2) is 27.1 Å². The zero-order valence-electron chi connectivity index (χ0n) is 9.62. The maximum Gasteiger partial charge on any atom is 0.238 e. The third-order valence-electron chi connectivity index (χ3n) is 2.40. The van der Waals surface area contributed by atoms with Crippen molar-refractivity contribution in [3.8, 4) is 0 Å². The summed E-state index contributed by atoms with van der Waals surface area (Å²) < 4.78 is 45.3. The number of hydrogen-bond acceptors (Lipinski definition) is 5. The summed E-state index contributed by atoms with van der Waals surface area (Å²) in [5.74, 6) is 0.